The van der Waals surface area contributed by atoms with Gasteiger partial charge in [-0.25, -0.2) is 15.0 Å². The Balaban J connectivity index is 0.00000256. The molecule has 2 saturated heterocycles. The minimum atomic E-state index is 0. The molecule has 4 rings (SSSR count). The normalized spacial score (nSPS) is 20.3. The number of aliphatic imine (C=N–C) groups is 1. The molecule has 1 unspecified atom stereocenters. The van der Waals surface area contributed by atoms with Crippen molar-refractivity contribution < 1.29 is 4.74 Å². The van der Waals surface area contributed by atoms with Crippen LogP contribution in [0.15, 0.2) is 35.7 Å². The first kappa shape index (κ1) is 23.0. The molecule has 0 aliphatic carbocycles. The average molecular weight is 525 g/mol. The van der Waals surface area contributed by atoms with E-state index in [9.17, 15) is 0 Å². The molecule has 0 bridgehead atoms. The van der Waals surface area contributed by atoms with Crippen molar-refractivity contribution in [1.29, 1.82) is 0 Å². The monoisotopic (exact) mass is 525 g/mol. The van der Waals surface area contributed by atoms with Crippen molar-refractivity contribution in [3.63, 3.8) is 0 Å². The first-order chi connectivity index (χ1) is 14.2. The van der Waals surface area contributed by atoms with Crippen LogP contribution in [0.2, 0.25) is 0 Å². The summed E-state index contributed by atoms with van der Waals surface area (Å²) in [6.07, 6.45) is 6.81. The summed E-state index contributed by atoms with van der Waals surface area (Å²) in [4.78, 5) is 18.7. The lowest BCUT2D eigenvalue weighted by Crippen LogP contribution is -2.46. The van der Waals surface area contributed by atoms with Crippen LogP contribution in [0.25, 0.3) is 5.82 Å². The van der Waals surface area contributed by atoms with Crippen molar-refractivity contribution in [2.45, 2.75) is 32.9 Å². The average Bonchev–Trinajstić information content (AvgIpc) is 3.42. The number of guanidine groups is 1. The Morgan fingerprint density at radius 3 is 2.73 bits per heavy atom. The highest BCUT2D eigenvalue weighted by molar-refractivity contribution is 14.0. The van der Waals surface area contributed by atoms with Gasteiger partial charge in [0.2, 0.25) is 0 Å². The fraction of sp³-hybridized carbons (Fsp3) is 0.571. The van der Waals surface area contributed by atoms with Gasteiger partial charge in [-0.05, 0) is 31.9 Å². The third-order valence-electron chi connectivity index (χ3n) is 5.65. The van der Waals surface area contributed by atoms with Gasteiger partial charge in [-0.2, -0.15) is 0 Å². The zero-order valence-corrected chi connectivity index (χ0v) is 20.2. The Kier molecular flexibility index (Phi) is 8.46. The second-order valence-corrected chi connectivity index (χ2v) is 7.58. The summed E-state index contributed by atoms with van der Waals surface area (Å²) >= 11 is 0. The summed E-state index contributed by atoms with van der Waals surface area (Å²) < 4.78 is 7.48. The number of aromatic nitrogens is 3. The molecule has 30 heavy (non-hydrogen) atoms. The van der Waals surface area contributed by atoms with Gasteiger partial charge in [0.25, 0.3) is 0 Å². The maximum Gasteiger partial charge on any atom is 0.194 e. The molecule has 2 fully saturated rings. The van der Waals surface area contributed by atoms with Crippen molar-refractivity contribution in [3.05, 3.63) is 42.1 Å². The molecule has 2 aliphatic heterocycles. The zero-order chi connectivity index (χ0) is 20.1. The molecule has 0 spiro atoms. The van der Waals surface area contributed by atoms with Gasteiger partial charge in [0.15, 0.2) is 5.96 Å². The molecule has 9 heteroatoms. The van der Waals surface area contributed by atoms with Crippen molar-refractivity contribution in [2.24, 2.45) is 4.99 Å². The van der Waals surface area contributed by atoms with Crippen LogP contribution in [0.3, 0.4) is 0 Å². The van der Waals surface area contributed by atoms with Gasteiger partial charge in [0.1, 0.15) is 11.6 Å². The first-order valence-corrected chi connectivity index (χ1v) is 10.5. The molecule has 0 aromatic carbocycles. The topological polar surface area (TPSA) is 70.8 Å². The molecule has 164 valence electrons. The summed E-state index contributed by atoms with van der Waals surface area (Å²) in [6, 6.07) is 4.72. The van der Waals surface area contributed by atoms with Crippen LogP contribution in [0.5, 0.6) is 0 Å². The van der Waals surface area contributed by atoms with Crippen LogP contribution < -0.4 is 5.32 Å². The molecular formula is C21H32IN7O. The van der Waals surface area contributed by atoms with Gasteiger partial charge in [-0.1, -0.05) is 6.07 Å². The number of nitrogens with one attached hydrogen (secondary N) is 1. The smallest absolute Gasteiger partial charge is 0.194 e. The Hall–Kier alpha value is -1.72. The number of pyridine rings is 1. The van der Waals surface area contributed by atoms with E-state index in [-0.39, 0.29) is 24.0 Å². The van der Waals surface area contributed by atoms with Gasteiger partial charge in [0, 0.05) is 57.4 Å². The summed E-state index contributed by atoms with van der Waals surface area (Å²) in [5, 5.41) is 3.46. The van der Waals surface area contributed by atoms with E-state index in [2.05, 4.69) is 38.1 Å². The number of halogens is 1. The van der Waals surface area contributed by atoms with E-state index < -0.39 is 0 Å². The lowest BCUT2D eigenvalue weighted by atomic mass is 10.2. The van der Waals surface area contributed by atoms with E-state index in [4.69, 9.17) is 9.73 Å². The molecular weight excluding hydrogens is 493 g/mol. The van der Waals surface area contributed by atoms with Crippen molar-refractivity contribution in [1.82, 2.24) is 29.7 Å². The number of nitrogens with zero attached hydrogens (tertiary/aromatic N) is 6. The molecule has 2 aromatic heterocycles. The van der Waals surface area contributed by atoms with E-state index in [1.807, 2.05) is 30.0 Å². The van der Waals surface area contributed by atoms with Gasteiger partial charge < -0.3 is 15.0 Å². The summed E-state index contributed by atoms with van der Waals surface area (Å²) in [5.41, 5.74) is 1.10. The highest BCUT2D eigenvalue weighted by Crippen LogP contribution is 2.17. The largest absolute Gasteiger partial charge is 0.379 e. The van der Waals surface area contributed by atoms with E-state index in [1.165, 1.54) is 6.42 Å². The molecule has 0 saturated carbocycles. The van der Waals surface area contributed by atoms with E-state index in [1.54, 1.807) is 6.20 Å². The molecule has 0 radical (unpaired) electrons. The molecule has 2 aliphatic rings. The quantitative estimate of drug-likeness (QED) is 0.366. The fourth-order valence-electron chi connectivity index (χ4n) is 4.04. The van der Waals surface area contributed by atoms with Gasteiger partial charge in [-0.15, -0.1) is 24.0 Å². The number of aryl methyl sites for hydroxylation is 1. The fourth-order valence-corrected chi connectivity index (χ4v) is 4.04. The predicted octanol–water partition coefficient (Wildman–Crippen LogP) is 2.07. The SMILES string of the molecule is CCNC(=NCc1ccc(-n2ccnc2C)nc1)N1CCC(N2CCOCC2)C1.I. The Morgan fingerprint density at radius 2 is 2.07 bits per heavy atom. The van der Waals surface area contributed by atoms with Gasteiger partial charge >= 0.3 is 0 Å². The minimum Gasteiger partial charge on any atom is -0.379 e. The summed E-state index contributed by atoms with van der Waals surface area (Å²) in [5.74, 6) is 2.81. The second kappa shape index (κ2) is 11.1. The van der Waals surface area contributed by atoms with Crippen molar-refractivity contribution >= 4 is 29.9 Å². The van der Waals surface area contributed by atoms with Crippen LogP contribution in [-0.4, -0.2) is 82.3 Å². The van der Waals surface area contributed by atoms with Crippen LogP contribution in [0.1, 0.15) is 24.7 Å². The lowest BCUT2D eigenvalue weighted by Gasteiger charge is -2.32. The zero-order valence-electron chi connectivity index (χ0n) is 17.8. The second-order valence-electron chi connectivity index (χ2n) is 7.58. The number of morpholine rings is 1. The predicted molar refractivity (Wildman–Crippen MR) is 129 cm³/mol. The Bertz CT molecular complexity index is 817. The summed E-state index contributed by atoms with van der Waals surface area (Å²) in [6.45, 7) is 11.5. The van der Waals surface area contributed by atoms with E-state index in [0.29, 0.717) is 12.6 Å². The van der Waals surface area contributed by atoms with Crippen molar-refractivity contribution in [3.8, 4) is 5.82 Å². The number of hydrogen-bond acceptors (Lipinski definition) is 5. The molecule has 1 atom stereocenters. The number of likely N-dealkylation sites (tertiary alicyclic amines) is 1. The third kappa shape index (κ3) is 5.50. The third-order valence-corrected chi connectivity index (χ3v) is 5.65. The number of imidazole rings is 1. The Morgan fingerprint density at radius 1 is 1.23 bits per heavy atom. The highest BCUT2D eigenvalue weighted by atomic mass is 127. The van der Waals surface area contributed by atoms with E-state index >= 15 is 0 Å². The molecule has 0 amide bonds. The maximum absolute atomic E-state index is 5.50. The standard InChI is InChI=1S/C21H31N7O.HI/c1-3-22-21(27-8-6-19(16-27)26-10-12-29-13-11-26)25-15-18-4-5-20(24-14-18)28-9-7-23-17(28)2;/h4-5,7,9,14,19H,3,6,8,10-13,15-16H2,1-2H3,(H,22,25);1H. The van der Waals surface area contributed by atoms with Crippen LogP contribution in [0, 0.1) is 6.92 Å². The maximum atomic E-state index is 5.50. The molecule has 2 aromatic rings. The lowest BCUT2D eigenvalue weighted by molar-refractivity contribution is 0.0195. The number of hydrogen-bond donors (Lipinski definition) is 1. The number of rotatable bonds is 5. The molecule has 1 N–H and O–H groups in total. The highest BCUT2D eigenvalue weighted by Gasteiger charge is 2.30. The van der Waals surface area contributed by atoms with Gasteiger partial charge in [0.05, 0.1) is 19.8 Å². The van der Waals surface area contributed by atoms with Crippen LogP contribution in [-0.2, 0) is 11.3 Å². The Labute approximate surface area is 195 Å². The molecule has 8 nitrogen and oxygen atoms in total. The van der Waals surface area contributed by atoms with Crippen LogP contribution >= 0.6 is 24.0 Å². The van der Waals surface area contributed by atoms with Crippen LogP contribution in [0.4, 0.5) is 0 Å². The number of ether oxygens (including phenoxy) is 1. The van der Waals surface area contributed by atoms with Gasteiger partial charge in [-0.3, -0.25) is 9.47 Å². The minimum absolute atomic E-state index is 0. The summed E-state index contributed by atoms with van der Waals surface area (Å²) in [7, 11) is 0. The first-order valence-electron chi connectivity index (χ1n) is 10.5. The van der Waals surface area contributed by atoms with Crippen molar-refractivity contribution in [2.75, 3.05) is 45.9 Å². The molecule has 4 heterocycles. The van der Waals surface area contributed by atoms with E-state index in [0.717, 1.165) is 69.1 Å².